The van der Waals surface area contributed by atoms with Crippen LogP contribution in [0.1, 0.15) is 22.3 Å². The maximum atomic E-state index is 4.29. The Kier molecular flexibility index (Phi) is 9.52. The number of benzene rings is 2. The van der Waals surface area contributed by atoms with Crippen LogP contribution in [0.4, 0.5) is 0 Å². The zero-order valence-electron chi connectivity index (χ0n) is 15.5. The minimum Gasteiger partial charge on any atom is -0.352 e. The number of guanidine groups is 1. The summed E-state index contributed by atoms with van der Waals surface area (Å²) in [6.07, 6.45) is 0. The Morgan fingerprint density at radius 3 is 2.12 bits per heavy atom. The molecule has 25 heavy (non-hydrogen) atoms. The fourth-order valence-corrected chi connectivity index (χ4v) is 2.52. The van der Waals surface area contributed by atoms with Crippen LogP contribution in [-0.4, -0.2) is 32.0 Å². The van der Waals surface area contributed by atoms with E-state index in [0.29, 0.717) is 0 Å². The molecule has 0 aliphatic carbocycles. The van der Waals surface area contributed by atoms with Crippen LogP contribution in [-0.2, 0) is 19.6 Å². The highest BCUT2D eigenvalue weighted by Gasteiger charge is 2.01. The molecule has 0 spiro atoms. The van der Waals surface area contributed by atoms with Crippen molar-refractivity contribution in [1.82, 2.24) is 15.5 Å². The number of aliphatic imine (C=N–C) groups is 1. The lowest BCUT2D eigenvalue weighted by Crippen LogP contribution is -2.36. The highest BCUT2D eigenvalue weighted by molar-refractivity contribution is 14.0. The summed E-state index contributed by atoms with van der Waals surface area (Å²) in [5.74, 6) is 0.815. The predicted molar refractivity (Wildman–Crippen MR) is 117 cm³/mol. The zero-order chi connectivity index (χ0) is 17.4. The van der Waals surface area contributed by atoms with Gasteiger partial charge in [-0.3, -0.25) is 4.99 Å². The van der Waals surface area contributed by atoms with E-state index in [9.17, 15) is 0 Å². The lowest BCUT2D eigenvalue weighted by Gasteiger charge is -2.14. The summed E-state index contributed by atoms with van der Waals surface area (Å²) in [5.41, 5.74) is 5.15. The number of halogens is 1. The molecule has 2 aromatic rings. The molecule has 0 fully saturated rings. The Morgan fingerprint density at radius 2 is 1.52 bits per heavy atom. The van der Waals surface area contributed by atoms with Crippen molar-refractivity contribution in [3.8, 4) is 0 Å². The molecule has 0 amide bonds. The van der Waals surface area contributed by atoms with Crippen molar-refractivity contribution < 1.29 is 0 Å². The fraction of sp³-hybridized carbons (Fsp3) is 0.350. The Balaban J connectivity index is 0.00000312. The zero-order valence-corrected chi connectivity index (χ0v) is 17.9. The van der Waals surface area contributed by atoms with Crippen molar-refractivity contribution >= 4 is 29.9 Å². The van der Waals surface area contributed by atoms with E-state index in [-0.39, 0.29) is 24.0 Å². The Bertz CT molecular complexity index is 666. The molecular formula is C20H29IN4. The standard InChI is InChI=1S/C20H28N4.HI/c1-16-7-5-6-8-19(16)14-23-20(21-2)22-13-17-9-11-18(12-10-17)15-24(3)4;/h5-12H,13-15H2,1-4H3,(H2,21,22,23);1H. The van der Waals surface area contributed by atoms with Gasteiger partial charge in [-0.25, -0.2) is 0 Å². The third kappa shape index (κ3) is 7.44. The quantitative estimate of drug-likeness (QED) is 0.400. The minimum atomic E-state index is 0. The second-order valence-corrected chi connectivity index (χ2v) is 6.26. The number of nitrogens with zero attached hydrogens (tertiary/aromatic N) is 2. The molecule has 0 unspecified atom stereocenters. The highest BCUT2D eigenvalue weighted by Crippen LogP contribution is 2.07. The van der Waals surface area contributed by atoms with E-state index in [0.717, 1.165) is 25.6 Å². The van der Waals surface area contributed by atoms with E-state index in [4.69, 9.17) is 0 Å². The molecule has 2 aromatic carbocycles. The lowest BCUT2D eigenvalue weighted by molar-refractivity contribution is 0.402. The summed E-state index contributed by atoms with van der Waals surface area (Å²) in [4.78, 5) is 6.46. The Labute approximate surface area is 168 Å². The molecule has 0 aliphatic heterocycles. The van der Waals surface area contributed by atoms with Gasteiger partial charge in [-0.15, -0.1) is 24.0 Å². The van der Waals surface area contributed by atoms with Gasteiger partial charge in [-0.05, 0) is 43.3 Å². The Hall–Kier alpha value is -1.60. The van der Waals surface area contributed by atoms with Crippen LogP contribution in [0.5, 0.6) is 0 Å². The molecule has 0 saturated heterocycles. The first kappa shape index (κ1) is 21.4. The molecule has 5 heteroatoms. The molecule has 0 radical (unpaired) electrons. The molecule has 0 aromatic heterocycles. The van der Waals surface area contributed by atoms with E-state index in [2.05, 4.69) is 90.1 Å². The molecule has 0 saturated carbocycles. The molecule has 0 atom stereocenters. The second-order valence-electron chi connectivity index (χ2n) is 6.26. The highest BCUT2D eigenvalue weighted by atomic mass is 127. The van der Waals surface area contributed by atoms with Gasteiger partial charge in [0.15, 0.2) is 5.96 Å². The van der Waals surface area contributed by atoms with Crippen LogP contribution >= 0.6 is 24.0 Å². The molecule has 136 valence electrons. The molecular weight excluding hydrogens is 423 g/mol. The van der Waals surface area contributed by atoms with E-state index in [1.165, 1.54) is 22.3 Å². The number of aryl methyl sites for hydroxylation is 1. The molecule has 0 bridgehead atoms. The van der Waals surface area contributed by atoms with Crippen LogP contribution in [0.2, 0.25) is 0 Å². The van der Waals surface area contributed by atoms with Gasteiger partial charge in [0.1, 0.15) is 0 Å². The summed E-state index contributed by atoms with van der Waals surface area (Å²) >= 11 is 0. The maximum absolute atomic E-state index is 4.29. The first-order valence-electron chi connectivity index (χ1n) is 8.30. The van der Waals surface area contributed by atoms with E-state index < -0.39 is 0 Å². The fourth-order valence-electron chi connectivity index (χ4n) is 2.52. The van der Waals surface area contributed by atoms with Gasteiger partial charge in [0.25, 0.3) is 0 Å². The lowest BCUT2D eigenvalue weighted by atomic mass is 10.1. The molecule has 2 N–H and O–H groups in total. The monoisotopic (exact) mass is 452 g/mol. The summed E-state index contributed by atoms with van der Waals surface area (Å²) in [6, 6.07) is 17.1. The van der Waals surface area contributed by atoms with Crippen LogP contribution in [0.15, 0.2) is 53.5 Å². The third-order valence-corrected chi connectivity index (χ3v) is 3.91. The van der Waals surface area contributed by atoms with E-state index >= 15 is 0 Å². The van der Waals surface area contributed by atoms with Crippen LogP contribution in [0.3, 0.4) is 0 Å². The van der Waals surface area contributed by atoms with E-state index in [1.54, 1.807) is 7.05 Å². The average Bonchev–Trinajstić information content (AvgIpc) is 2.57. The molecule has 0 heterocycles. The first-order valence-corrected chi connectivity index (χ1v) is 8.30. The molecule has 4 nitrogen and oxygen atoms in total. The second kappa shape index (κ2) is 11.1. The van der Waals surface area contributed by atoms with Gasteiger partial charge < -0.3 is 15.5 Å². The van der Waals surface area contributed by atoms with Gasteiger partial charge >= 0.3 is 0 Å². The smallest absolute Gasteiger partial charge is 0.191 e. The van der Waals surface area contributed by atoms with Crippen LogP contribution in [0, 0.1) is 6.92 Å². The number of hydrogen-bond donors (Lipinski definition) is 2. The number of nitrogens with one attached hydrogen (secondary N) is 2. The summed E-state index contributed by atoms with van der Waals surface area (Å²) < 4.78 is 0. The van der Waals surface area contributed by atoms with Crippen molar-refractivity contribution in [2.45, 2.75) is 26.6 Å². The van der Waals surface area contributed by atoms with Gasteiger partial charge in [0.2, 0.25) is 0 Å². The summed E-state index contributed by atoms with van der Waals surface area (Å²) in [7, 11) is 5.96. The van der Waals surface area contributed by atoms with Crippen molar-refractivity contribution in [3.63, 3.8) is 0 Å². The largest absolute Gasteiger partial charge is 0.352 e. The number of rotatable bonds is 6. The van der Waals surface area contributed by atoms with Crippen LogP contribution in [0.25, 0.3) is 0 Å². The normalized spacial score (nSPS) is 11.2. The SMILES string of the molecule is CN=C(NCc1ccc(CN(C)C)cc1)NCc1ccccc1C.I. The van der Waals surface area contributed by atoms with Crippen molar-refractivity contribution in [2.75, 3.05) is 21.1 Å². The molecule has 0 aliphatic rings. The predicted octanol–water partition coefficient (Wildman–Crippen LogP) is 3.54. The average molecular weight is 452 g/mol. The summed E-state index contributed by atoms with van der Waals surface area (Å²) in [6.45, 7) is 4.62. The minimum absolute atomic E-state index is 0. The van der Waals surface area contributed by atoms with E-state index in [1.807, 2.05) is 0 Å². The van der Waals surface area contributed by atoms with Gasteiger partial charge in [0, 0.05) is 26.7 Å². The maximum Gasteiger partial charge on any atom is 0.191 e. The molecule has 2 rings (SSSR count). The van der Waals surface area contributed by atoms with Gasteiger partial charge in [-0.1, -0.05) is 48.5 Å². The number of hydrogen-bond acceptors (Lipinski definition) is 2. The topological polar surface area (TPSA) is 39.7 Å². The third-order valence-electron chi connectivity index (χ3n) is 3.91. The Morgan fingerprint density at radius 1 is 0.920 bits per heavy atom. The van der Waals surface area contributed by atoms with Gasteiger partial charge in [-0.2, -0.15) is 0 Å². The van der Waals surface area contributed by atoms with Crippen LogP contribution < -0.4 is 10.6 Å². The first-order chi connectivity index (χ1) is 11.6. The van der Waals surface area contributed by atoms with Gasteiger partial charge in [0.05, 0.1) is 0 Å². The van der Waals surface area contributed by atoms with Crippen molar-refractivity contribution in [3.05, 3.63) is 70.8 Å². The van der Waals surface area contributed by atoms with Crippen molar-refractivity contribution in [1.29, 1.82) is 0 Å². The summed E-state index contributed by atoms with van der Waals surface area (Å²) in [5, 5.41) is 6.73. The van der Waals surface area contributed by atoms with Crippen molar-refractivity contribution in [2.24, 2.45) is 4.99 Å².